The highest BCUT2D eigenvalue weighted by molar-refractivity contribution is 5.78. The Hall–Kier alpha value is -0.730. The van der Waals surface area contributed by atoms with Crippen LogP contribution >= 0.6 is 0 Å². The van der Waals surface area contributed by atoms with Gasteiger partial charge in [0.25, 0.3) is 0 Å². The maximum Gasteiger partial charge on any atom is 0.315 e. The van der Waals surface area contributed by atoms with Gasteiger partial charge in [0.2, 0.25) is 0 Å². The van der Waals surface area contributed by atoms with Gasteiger partial charge < -0.3 is 10.6 Å². The Morgan fingerprint density at radius 2 is 1.64 bits per heavy atom. The van der Waals surface area contributed by atoms with Gasteiger partial charge in [0, 0.05) is 0 Å². The molecule has 0 radical (unpaired) electrons. The van der Waals surface area contributed by atoms with E-state index in [0.717, 1.165) is 11.8 Å². The van der Waals surface area contributed by atoms with E-state index in [9.17, 15) is 4.79 Å². The normalized spacial score (nSPS) is 52.2. The summed E-state index contributed by atoms with van der Waals surface area (Å²) in [6.45, 7) is 0. The Morgan fingerprint density at radius 1 is 1.09 bits per heavy atom. The van der Waals surface area contributed by atoms with Crippen LogP contribution in [0.1, 0.15) is 19.3 Å². The van der Waals surface area contributed by atoms with Crippen LogP contribution in [0, 0.1) is 11.8 Å². The van der Waals surface area contributed by atoms with Crippen molar-refractivity contribution in [2.24, 2.45) is 11.8 Å². The fraction of sp³-hybridized carbons (Fsp3) is 0.875. The number of nitrogens with one attached hydrogen (secondary N) is 2. The smallest absolute Gasteiger partial charge is 0.315 e. The molecule has 0 spiro atoms. The van der Waals surface area contributed by atoms with Gasteiger partial charge in [0.05, 0.1) is 12.1 Å². The highest BCUT2D eigenvalue weighted by Gasteiger charge is 2.56. The lowest BCUT2D eigenvalue weighted by Gasteiger charge is -2.43. The topological polar surface area (TPSA) is 41.1 Å². The van der Waals surface area contributed by atoms with E-state index in [0.29, 0.717) is 12.1 Å². The minimum absolute atomic E-state index is 0.0504. The Morgan fingerprint density at radius 3 is 2.18 bits per heavy atom. The molecule has 1 aliphatic heterocycles. The van der Waals surface area contributed by atoms with Crippen molar-refractivity contribution in [2.75, 3.05) is 0 Å². The van der Waals surface area contributed by atoms with Crippen molar-refractivity contribution >= 4 is 6.03 Å². The first-order valence-electron chi connectivity index (χ1n) is 4.43. The summed E-state index contributed by atoms with van der Waals surface area (Å²) in [5.74, 6) is 1.61. The third-order valence-electron chi connectivity index (χ3n) is 3.53. The van der Waals surface area contributed by atoms with E-state index in [-0.39, 0.29) is 6.03 Å². The first kappa shape index (κ1) is 5.86. The van der Waals surface area contributed by atoms with Gasteiger partial charge in [-0.25, -0.2) is 4.79 Å². The van der Waals surface area contributed by atoms with E-state index in [2.05, 4.69) is 10.6 Å². The second-order valence-corrected chi connectivity index (χ2v) is 3.93. The number of amides is 2. The molecule has 3 heteroatoms. The van der Waals surface area contributed by atoms with Crippen LogP contribution in [-0.2, 0) is 0 Å². The van der Waals surface area contributed by atoms with Crippen LogP contribution in [0.2, 0.25) is 0 Å². The Labute approximate surface area is 65.5 Å². The number of rotatable bonds is 0. The van der Waals surface area contributed by atoms with Crippen molar-refractivity contribution < 1.29 is 4.79 Å². The van der Waals surface area contributed by atoms with E-state index < -0.39 is 0 Å². The molecule has 0 aromatic rings. The van der Waals surface area contributed by atoms with Crippen LogP contribution in [0.15, 0.2) is 0 Å². The third kappa shape index (κ3) is 0.572. The summed E-state index contributed by atoms with van der Waals surface area (Å²) in [6, 6.07) is 1.01. The molecule has 2 N–H and O–H groups in total. The lowest BCUT2D eigenvalue weighted by atomic mass is 9.68. The van der Waals surface area contributed by atoms with E-state index in [1.807, 2.05) is 0 Å². The summed E-state index contributed by atoms with van der Waals surface area (Å²) in [5.41, 5.74) is 0. The van der Waals surface area contributed by atoms with Crippen LogP contribution in [-0.4, -0.2) is 18.1 Å². The van der Waals surface area contributed by atoms with Crippen LogP contribution < -0.4 is 10.6 Å². The van der Waals surface area contributed by atoms with Crippen LogP contribution in [0.5, 0.6) is 0 Å². The standard InChI is InChI=1S/C8H12N2O/c11-8-9-6-4-2-1-3-5(4)7(6)10-8/h4-7H,1-3H2,(H2,9,10,11). The molecule has 60 valence electrons. The maximum absolute atomic E-state index is 10.9. The molecule has 3 fully saturated rings. The molecule has 2 amide bonds. The molecule has 2 saturated carbocycles. The number of fused-ring (bicyclic) bond motifs is 4. The molecule has 1 heterocycles. The molecule has 0 aromatic carbocycles. The highest BCUT2D eigenvalue weighted by Crippen LogP contribution is 2.48. The van der Waals surface area contributed by atoms with Crippen LogP contribution in [0.25, 0.3) is 0 Å². The van der Waals surface area contributed by atoms with Crippen molar-refractivity contribution in [1.82, 2.24) is 10.6 Å². The van der Waals surface area contributed by atoms with Crippen LogP contribution in [0.4, 0.5) is 4.79 Å². The molecule has 3 rings (SSSR count). The van der Waals surface area contributed by atoms with Gasteiger partial charge in [-0.1, -0.05) is 6.42 Å². The van der Waals surface area contributed by atoms with Gasteiger partial charge in [-0.3, -0.25) is 0 Å². The average Bonchev–Trinajstić information content (AvgIpc) is 2.49. The summed E-state index contributed by atoms with van der Waals surface area (Å²) in [5, 5.41) is 5.95. The molecule has 3 nitrogen and oxygen atoms in total. The molecule has 3 aliphatic rings. The van der Waals surface area contributed by atoms with E-state index >= 15 is 0 Å². The van der Waals surface area contributed by atoms with Gasteiger partial charge in [0.15, 0.2) is 0 Å². The molecule has 4 atom stereocenters. The Kier molecular flexibility index (Phi) is 0.910. The number of hydrogen-bond acceptors (Lipinski definition) is 1. The predicted molar refractivity (Wildman–Crippen MR) is 40.1 cm³/mol. The first-order chi connectivity index (χ1) is 5.36. The number of carbonyl (C=O) groups is 1. The van der Waals surface area contributed by atoms with E-state index in [4.69, 9.17) is 0 Å². The summed E-state index contributed by atoms with van der Waals surface area (Å²) >= 11 is 0. The molecule has 11 heavy (non-hydrogen) atoms. The first-order valence-corrected chi connectivity index (χ1v) is 4.43. The van der Waals surface area contributed by atoms with Crippen molar-refractivity contribution in [3.05, 3.63) is 0 Å². The molecule has 2 aliphatic carbocycles. The summed E-state index contributed by atoms with van der Waals surface area (Å²) in [4.78, 5) is 10.9. The van der Waals surface area contributed by atoms with Gasteiger partial charge in [-0.15, -0.1) is 0 Å². The highest BCUT2D eigenvalue weighted by atomic mass is 16.2. The number of carbonyl (C=O) groups excluding carboxylic acids is 1. The number of urea groups is 1. The minimum atomic E-state index is 0.0504. The monoisotopic (exact) mass is 152 g/mol. The second-order valence-electron chi connectivity index (χ2n) is 3.93. The zero-order valence-corrected chi connectivity index (χ0v) is 6.34. The van der Waals surface area contributed by atoms with Crippen molar-refractivity contribution in [2.45, 2.75) is 31.3 Å². The Bertz CT molecular complexity index is 196. The fourth-order valence-electron chi connectivity index (χ4n) is 3.03. The second kappa shape index (κ2) is 1.71. The number of hydrogen-bond donors (Lipinski definition) is 2. The summed E-state index contributed by atoms with van der Waals surface area (Å²) in [7, 11) is 0. The van der Waals surface area contributed by atoms with Gasteiger partial charge in [-0.2, -0.15) is 0 Å². The zero-order valence-electron chi connectivity index (χ0n) is 6.34. The summed E-state index contributed by atoms with van der Waals surface area (Å²) < 4.78 is 0. The largest absolute Gasteiger partial charge is 0.333 e. The molecule has 0 bridgehead atoms. The maximum atomic E-state index is 10.9. The molecule has 1 saturated heterocycles. The predicted octanol–water partition coefficient (Wildman–Crippen LogP) is 0.466. The van der Waals surface area contributed by atoms with Crippen molar-refractivity contribution in [3.8, 4) is 0 Å². The SMILES string of the molecule is O=C1NC2C3CCCC3C2N1. The fourth-order valence-corrected chi connectivity index (χ4v) is 3.03. The van der Waals surface area contributed by atoms with Gasteiger partial charge >= 0.3 is 6.03 Å². The van der Waals surface area contributed by atoms with Gasteiger partial charge in [0.1, 0.15) is 0 Å². The quantitative estimate of drug-likeness (QED) is 0.520. The average molecular weight is 152 g/mol. The van der Waals surface area contributed by atoms with Crippen molar-refractivity contribution in [1.29, 1.82) is 0 Å². The third-order valence-corrected chi connectivity index (χ3v) is 3.53. The molecular formula is C8H12N2O. The Balaban J connectivity index is 1.84. The van der Waals surface area contributed by atoms with Crippen LogP contribution in [0.3, 0.4) is 0 Å². The van der Waals surface area contributed by atoms with E-state index in [1.54, 1.807) is 0 Å². The molecule has 0 aromatic heterocycles. The minimum Gasteiger partial charge on any atom is -0.333 e. The van der Waals surface area contributed by atoms with Gasteiger partial charge in [-0.05, 0) is 24.7 Å². The van der Waals surface area contributed by atoms with Crippen molar-refractivity contribution in [3.63, 3.8) is 0 Å². The molecule has 4 unspecified atom stereocenters. The zero-order chi connectivity index (χ0) is 7.42. The lowest BCUT2D eigenvalue weighted by Crippen LogP contribution is -2.57. The summed E-state index contributed by atoms with van der Waals surface area (Å²) in [6.07, 6.45) is 4.02. The lowest BCUT2D eigenvalue weighted by molar-refractivity contribution is 0.123. The molecular weight excluding hydrogens is 140 g/mol. The van der Waals surface area contributed by atoms with E-state index in [1.165, 1.54) is 19.3 Å².